The van der Waals surface area contributed by atoms with Crippen LogP contribution in [-0.4, -0.2) is 61.3 Å². The van der Waals surface area contributed by atoms with Crippen LogP contribution in [0.15, 0.2) is 36.4 Å². The van der Waals surface area contributed by atoms with E-state index >= 15 is 0 Å². The van der Waals surface area contributed by atoms with E-state index in [9.17, 15) is 0 Å². The molecule has 1 atom stereocenters. The maximum absolute atomic E-state index is 5.85. The fourth-order valence-electron chi connectivity index (χ4n) is 3.94. The first-order valence-electron chi connectivity index (χ1n) is 9.41. The van der Waals surface area contributed by atoms with E-state index in [2.05, 4.69) is 66.1 Å². The summed E-state index contributed by atoms with van der Waals surface area (Å²) in [6, 6.07) is 10.6. The van der Waals surface area contributed by atoms with Crippen LogP contribution < -0.4 is 0 Å². The Bertz CT molecular complexity index is 518. The second-order valence-electron chi connectivity index (χ2n) is 7.88. The zero-order chi connectivity index (χ0) is 16.8. The summed E-state index contributed by atoms with van der Waals surface area (Å²) in [5, 5.41) is 0. The zero-order valence-electron chi connectivity index (χ0n) is 15.3. The van der Waals surface area contributed by atoms with Crippen LogP contribution in [0.1, 0.15) is 32.3 Å². The summed E-state index contributed by atoms with van der Waals surface area (Å²) in [7, 11) is 0. The lowest BCUT2D eigenvalue weighted by molar-refractivity contribution is -0.0780. The third-order valence-electron chi connectivity index (χ3n) is 5.25. The summed E-state index contributed by atoms with van der Waals surface area (Å²) in [4.78, 5) is 5.22. The molecule has 1 aromatic carbocycles. The summed E-state index contributed by atoms with van der Waals surface area (Å²) in [6.07, 6.45) is 6.96. The van der Waals surface area contributed by atoms with Gasteiger partial charge >= 0.3 is 0 Å². The molecule has 1 aromatic rings. The van der Waals surface area contributed by atoms with Gasteiger partial charge in [0.1, 0.15) is 0 Å². The second-order valence-corrected chi connectivity index (χ2v) is 7.88. The van der Waals surface area contributed by atoms with Crippen LogP contribution in [0.25, 0.3) is 6.08 Å². The van der Waals surface area contributed by atoms with Crippen molar-refractivity contribution in [2.24, 2.45) is 5.92 Å². The number of piperazine rings is 1. The van der Waals surface area contributed by atoms with Gasteiger partial charge in [-0.2, -0.15) is 0 Å². The molecule has 0 bridgehead atoms. The lowest BCUT2D eigenvalue weighted by atomic mass is 9.88. The Kier molecular flexibility index (Phi) is 6.09. The monoisotopic (exact) mass is 328 g/mol. The zero-order valence-corrected chi connectivity index (χ0v) is 15.3. The van der Waals surface area contributed by atoms with Gasteiger partial charge in [-0.1, -0.05) is 42.5 Å². The van der Waals surface area contributed by atoms with Gasteiger partial charge in [0.25, 0.3) is 0 Å². The van der Waals surface area contributed by atoms with Crippen molar-refractivity contribution in [1.29, 1.82) is 0 Å². The molecule has 2 fully saturated rings. The van der Waals surface area contributed by atoms with Crippen LogP contribution in [0, 0.1) is 5.92 Å². The minimum absolute atomic E-state index is 0.0764. The van der Waals surface area contributed by atoms with Crippen molar-refractivity contribution in [2.45, 2.75) is 32.3 Å². The van der Waals surface area contributed by atoms with Crippen molar-refractivity contribution < 1.29 is 4.74 Å². The van der Waals surface area contributed by atoms with Crippen LogP contribution in [0.5, 0.6) is 0 Å². The van der Waals surface area contributed by atoms with Crippen molar-refractivity contribution in [3.05, 3.63) is 42.0 Å². The topological polar surface area (TPSA) is 15.7 Å². The SMILES string of the molecule is CC1(C)CC(CN2CCN(C/C=C/c3ccccc3)CC2)CCO1. The molecule has 2 heterocycles. The molecular formula is C21H32N2O. The minimum Gasteiger partial charge on any atom is -0.376 e. The Morgan fingerprint density at radius 3 is 2.50 bits per heavy atom. The minimum atomic E-state index is 0.0764. The highest BCUT2D eigenvalue weighted by molar-refractivity contribution is 5.48. The van der Waals surface area contributed by atoms with Crippen LogP contribution >= 0.6 is 0 Å². The Morgan fingerprint density at radius 1 is 1.08 bits per heavy atom. The van der Waals surface area contributed by atoms with Gasteiger partial charge in [-0.15, -0.1) is 0 Å². The molecule has 0 N–H and O–H groups in total. The van der Waals surface area contributed by atoms with E-state index in [1.54, 1.807) is 0 Å². The van der Waals surface area contributed by atoms with E-state index in [0.29, 0.717) is 0 Å². The number of benzene rings is 1. The predicted octanol–water partition coefficient (Wildman–Crippen LogP) is 3.52. The fraction of sp³-hybridized carbons (Fsp3) is 0.619. The number of hydrogen-bond acceptors (Lipinski definition) is 3. The van der Waals surface area contributed by atoms with Gasteiger partial charge in [-0.05, 0) is 38.2 Å². The summed E-state index contributed by atoms with van der Waals surface area (Å²) in [5.41, 5.74) is 1.37. The molecule has 1 unspecified atom stereocenters. The average molecular weight is 329 g/mol. The number of nitrogens with zero attached hydrogens (tertiary/aromatic N) is 2. The van der Waals surface area contributed by atoms with Crippen molar-refractivity contribution in [2.75, 3.05) is 45.9 Å². The molecule has 0 aromatic heterocycles. The lowest BCUT2D eigenvalue weighted by Crippen LogP contribution is -2.49. The Morgan fingerprint density at radius 2 is 1.79 bits per heavy atom. The van der Waals surface area contributed by atoms with E-state index < -0.39 is 0 Å². The maximum Gasteiger partial charge on any atom is 0.0629 e. The first-order chi connectivity index (χ1) is 11.6. The normalized spacial score (nSPS) is 26.0. The van der Waals surface area contributed by atoms with Crippen molar-refractivity contribution in [3.8, 4) is 0 Å². The molecule has 0 saturated carbocycles. The molecule has 3 nitrogen and oxygen atoms in total. The second kappa shape index (κ2) is 8.28. The van der Waals surface area contributed by atoms with Gasteiger partial charge in [-0.3, -0.25) is 4.90 Å². The smallest absolute Gasteiger partial charge is 0.0629 e. The lowest BCUT2D eigenvalue weighted by Gasteiger charge is -2.40. The molecule has 0 amide bonds. The van der Waals surface area contributed by atoms with E-state index in [4.69, 9.17) is 4.74 Å². The predicted molar refractivity (Wildman–Crippen MR) is 101 cm³/mol. The van der Waals surface area contributed by atoms with E-state index in [1.165, 1.54) is 51.1 Å². The van der Waals surface area contributed by atoms with E-state index in [-0.39, 0.29) is 5.60 Å². The summed E-state index contributed by atoms with van der Waals surface area (Å²) < 4.78 is 5.85. The van der Waals surface area contributed by atoms with Gasteiger partial charge < -0.3 is 9.64 Å². The molecular weight excluding hydrogens is 296 g/mol. The van der Waals surface area contributed by atoms with E-state index in [1.807, 2.05) is 0 Å². The average Bonchev–Trinajstić information content (AvgIpc) is 2.57. The Balaban J connectivity index is 1.37. The largest absolute Gasteiger partial charge is 0.376 e. The van der Waals surface area contributed by atoms with Crippen molar-refractivity contribution in [1.82, 2.24) is 9.80 Å². The van der Waals surface area contributed by atoms with Gasteiger partial charge in [-0.25, -0.2) is 0 Å². The number of hydrogen-bond donors (Lipinski definition) is 0. The summed E-state index contributed by atoms with van der Waals surface area (Å²) in [6.45, 7) is 12.5. The first-order valence-corrected chi connectivity index (χ1v) is 9.41. The van der Waals surface area contributed by atoms with Gasteiger partial charge in [0.05, 0.1) is 5.60 Å². The molecule has 2 aliphatic heterocycles. The summed E-state index contributed by atoms with van der Waals surface area (Å²) >= 11 is 0. The first kappa shape index (κ1) is 17.7. The standard InChI is InChI=1S/C21H32N2O/c1-21(2)17-20(10-16-24-21)18-23-14-12-22(13-15-23)11-6-9-19-7-4-3-5-8-19/h3-9,20H,10-18H2,1-2H3/b9-6+. The van der Waals surface area contributed by atoms with Gasteiger partial charge in [0.15, 0.2) is 0 Å². The highest BCUT2D eigenvalue weighted by Crippen LogP contribution is 2.29. The number of rotatable bonds is 5. The molecule has 24 heavy (non-hydrogen) atoms. The quantitative estimate of drug-likeness (QED) is 0.822. The molecule has 2 saturated heterocycles. The molecule has 0 spiro atoms. The van der Waals surface area contributed by atoms with Crippen LogP contribution in [-0.2, 0) is 4.74 Å². The third kappa shape index (κ3) is 5.44. The van der Waals surface area contributed by atoms with Crippen molar-refractivity contribution in [3.63, 3.8) is 0 Å². The van der Waals surface area contributed by atoms with Crippen LogP contribution in [0.3, 0.4) is 0 Å². The number of ether oxygens (including phenoxy) is 1. The maximum atomic E-state index is 5.85. The summed E-state index contributed by atoms with van der Waals surface area (Å²) in [5.74, 6) is 0.804. The molecule has 0 radical (unpaired) electrons. The third-order valence-corrected chi connectivity index (χ3v) is 5.25. The van der Waals surface area contributed by atoms with E-state index in [0.717, 1.165) is 19.1 Å². The molecule has 132 valence electrons. The fourth-order valence-corrected chi connectivity index (χ4v) is 3.94. The van der Waals surface area contributed by atoms with Gasteiger partial charge in [0.2, 0.25) is 0 Å². The van der Waals surface area contributed by atoms with Crippen LogP contribution in [0.2, 0.25) is 0 Å². The molecule has 0 aliphatic carbocycles. The molecule has 3 rings (SSSR count). The Hall–Kier alpha value is -1.16. The molecule has 3 heteroatoms. The molecule has 2 aliphatic rings. The van der Waals surface area contributed by atoms with Gasteiger partial charge in [0, 0.05) is 45.9 Å². The van der Waals surface area contributed by atoms with Crippen molar-refractivity contribution >= 4 is 6.08 Å². The van der Waals surface area contributed by atoms with Crippen LogP contribution in [0.4, 0.5) is 0 Å². The Labute approximate surface area is 147 Å². The highest BCUT2D eigenvalue weighted by Gasteiger charge is 2.30. The highest BCUT2D eigenvalue weighted by atomic mass is 16.5.